The Kier molecular flexibility index (Phi) is 5.44. The van der Waals surface area contributed by atoms with E-state index in [2.05, 4.69) is 30.5 Å². The highest BCUT2D eigenvalue weighted by Crippen LogP contribution is 2.31. The molecule has 2 aliphatic rings. The summed E-state index contributed by atoms with van der Waals surface area (Å²) < 4.78 is 1.54. The zero-order valence-corrected chi connectivity index (χ0v) is 17.6. The lowest BCUT2D eigenvalue weighted by molar-refractivity contribution is 0.0694. The minimum Gasteiger partial charge on any atom is -0.477 e. The highest BCUT2D eigenvalue weighted by molar-refractivity contribution is 5.91. The number of hydrogen-bond acceptors (Lipinski definition) is 8. The van der Waals surface area contributed by atoms with Gasteiger partial charge in [0.1, 0.15) is 17.0 Å². The first kappa shape index (κ1) is 20.4. The Labute approximate surface area is 184 Å². The molecule has 0 bridgehead atoms. The van der Waals surface area contributed by atoms with E-state index >= 15 is 0 Å². The van der Waals surface area contributed by atoms with Crippen LogP contribution >= 0.6 is 0 Å². The van der Waals surface area contributed by atoms with Crippen molar-refractivity contribution >= 4 is 34.5 Å². The lowest BCUT2D eigenvalue weighted by Crippen LogP contribution is -2.43. The van der Waals surface area contributed by atoms with Crippen molar-refractivity contribution in [2.24, 2.45) is 0 Å². The maximum atomic E-state index is 12.9. The Balaban J connectivity index is 1.47. The van der Waals surface area contributed by atoms with Crippen LogP contribution in [0.15, 0.2) is 35.4 Å². The first-order chi connectivity index (χ1) is 15.6. The maximum absolute atomic E-state index is 12.9. The molecule has 0 radical (unpaired) electrons. The molecule has 10 heteroatoms. The molecule has 0 aromatic carbocycles. The number of piperazine rings is 1. The fourth-order valence-electron chi connectivity index (χ4n) is 4.52. The van der Waals surface area contributed by atoms with Crippen LogP contribution in [0.3, 0.4) is 0 Å². The van der Waals surface area contributed by atoms with E-state index < -0.39 is 11.5 Å². The molecule has 0 spiro atoms. The summed E-state index contributed by atoms with van der Waals surface area (Å²) in [7, 11) is 0. The summed E-state index contributed by atoms with van der Waals surface area (Å²) in [4.78, 5) is 40.2. The molecule has 2 fully saturated rings. The van der Waals surface area contributed by atoms with Gasteiger partial charge < -0.3 is 20.6 Å². The van der Waals surface area contributed by atoms with E-state index in [1.54, 1.807) is 10.8 Å². The van der Waals surface area contributed by atoms with Crippen LogP contribution in [0.2, 0.25) is 0 Å². The summed E-state index contributed by atoms with van der Waals surface area (Å²) >= 11 is 0. The number of carbonyl (C=O) groups is 1. The van der Waals surface area contributed by atoms with E-state index in [-0.39, 0.29) is 11.6 Å². The van der Waals surface area contributed by atoms with Gasteiger partial charge in [0.25, 0.3) is 5.56 Å². The molecule has 0 unspecified atom stereocenters. The van der Waals surface area contributed by atoms with E-state index in [0.717, 1.165) is 57.5 Å². The normalized spacial score (nSPS) is 17.1. The van der Waals surface area contributed by atoms with Gasteiger partial charge >= 0.3 is 5.97 Å². The van der Waals surface area contributed by atoms with Crippen LogP contribution in [0.5, 0.6) is 0 Å². The molecule has 1 aliphatic heterocycles. The molecule has 1 saturated heterocycles. The SMILES string of the molecule is O=C(O)c1cc2cnc(Nc3ccc(N4CCNCC4)cn3)nc2n(C2CCCC2)c1=O. The number of carboxylic acids is 1. The molecule has 3 N–H and O–H groups in total. The number of nitrogens with one attached hydrogen (secondary N) is 2. The Hall–Kier alpha value is -3.53. The third-order valence-electron chi connectivity index (χ3n) is 6.16. The van der Waals surface area contributed by atoms with Crippen LogP contribution in [-0.4, -0.2) is 56.8 Å². The number of aromatic nitrogens is 4. The van der Waals surface area contributed by atoms with E-state index in [1.807, 2.05) is 18.3 Å². The molecule has 1 saturated carbocycles. The van der Waals surface area contributed by atoms with E-state index in [1.165, 1.54) is 6.07 Å². The molecule has 0 amide bonds. The number of aromatic carboxylic acids is 1. The highest BCUT2D eigenvalue weighted by atomic mass is 16.4. The van der Waals surface area contributed by atoms with Crippen LogP contribution in [-0.2, 0) is 0 Å². The summed E-state index contributed by atoms with van der Waals surface area (Å²) in [6, 6.07) is 5.19. The fourth-order valence-corrected chi connectivity index (χ4v) is 4.52. The van der Waals surface area contributed by atoms with Gasteiger partial charge in [0, 0.05) is 43.8 Å². The zero-order chi connectivity index (χ0) is 22.1. The standard InChI is InChI=1S/C22H25N7O3/c30-20-17(21(31)32)11-14-12-25-22(27-19(14)29(20)15-3-1-2-4-15)26-18-6-5-16(13-24-18)28-9-7-23-8-10-28/h5-6,11-13,15,23H,1-4,7-10H2,(H,31,32)(H,24,25,26,27). The van der Waals surface area contributed by atoms with E-state index in [0.29, 0.717) is 22.8 Å². The van der Waals surface area contributed by atoms with Crippen LogP contribution in [0, 0.1) is 0 Å². The third kappa shape index (κ3) is 3.89. The van der Waals surface area contributed by atoms with E-state index in [4.69, 9.17) is 0 Å². The van der Waals surface area contributed by atoms with Gasteiger partial charge in [-0.3, -0.25) is 9.36 Å². The van der Waals surface area contributed by atoms with Crippen LogP contribution in [0.4, 0.5) is 17.5 Å². The minimum absolute atomic E-state index is 0.0523. The highest BCUT2D eigenvalue weighted by Gasteiger charge is 2.24. The van der Waals surface area contributed by atoms with Gasteiger partial charge in [-0.15, -0.1) is 0 Å². The monoisotopic (exact) mass is 435 g/mol. The second kappa shape index (κ2) is 8.54. The first-order valence-electron chi connectivity index (χ1n) is 10.9. The summed E-state index contributed by atoms with van der Waals surface area (Å²) in [6.45, 7) is 3.80. The second-order valence-corrected chi connectivity index (χ2v) is 8.21. The second-order valence-electron chi connectivity index (χ2n) is 8.21. The molecule has 0 atom stereocenters. The molecule has 10 nitrogen and oxygen atoms in total. The van der Waals surface area contributed by atoms with Gasteiger partial charge in [0.15, 0.2) is 0 Å². The number of carboxylic acid groups (broad SMARTS) is 1. The fraction of sp³-hybridized carbons (Fsp3) is 0.409. The predicted octanol–water partition coefficient (Wildman–Crippen LogP) is 2.15. The number of fused-ring (bicyclic) bond motifs is 1. The van der Waals surface area contributed by atoms with Crippen LogP contribution in [0.25, 0.3) is 11.0 Å². The molecule has 32 heavy (non-hydrogen) atoms. The van der Waals surface area contributed by atoms with Crippen LogP contribution in [0.1, 0.15) is 42.1 Å². The lowest BCUT2D eigenvalue weighted by Gasteiger charge is -2.29. The van der Waals surface area contributed by atoms with E-state index in [9.17, 15) is 14.7 Å². The topological polar surface area (TPSA) is 125 Å². The third-order valence-corrected chi connectivity index (χ3v) is 6.16. The molecule has 3 aromatic heterocycles. The minimum atomic E-state index is -1.24. The smallest absolute Gasteiger partial charge is 0.341 e. The van der Waals surface area contributed by atoms with Gasteiger partial charge in [-0.25, -0.2) is 14.8 Å². The molecular formula is C22H25N7O3. The average molecular weight is 435 g/mol. The quantitative estimate of drug-likeness (QED) is 0.553. The lowest BCUT2D eigenvalue weighted by atomic mass is 10.1. The Morgan fingerprint density at radius 2 is 1.91 bits per heavy atom. The number of anilines is 3. The molecule has 166 valence electrons. The van der Waals surface area contributed by atoms with Crippen molar-refractivity contribution in [3.05, 3.63) is 46.5 Å². The summed E-state index contributed by atoms with van der Waals surface area (Å²) in [5.41, 5.74) is 0.744. The van der Waals surface area contributed by atoms with Crippen molar-refractivity contribution < 1.29 is 9.90 Å². The Morgan fingerprint density at radius 1 is 1.12 bits per heavy atom. The number of pyridine rings is 2. The molecule has 4 heterocycles. The van der Waals surface area contributed by atoms with Gasteiger partial charge in [-0.05, 0) is 31.0 Å². The van der Waals surface area contributed by atoms with Crippen LogP contribution < -0.4 is 21.1 Å². The molecule has 3 aromatic rings. The summed E-state index contributed by atoms with van der Waals surface area (Å²) in [5, 5.41) is 16.4. The summed E-state index contributed by atoms with van der Waals surface area (Å²) in [6.07, 6.45) is 7.06. The number of hydrogen-bond donors (Lipinski definition) is 3. The van der Waals surface area contributed by atoms with Gasteiger partial charge in [0.05, 0.1) is 11.9 Å². The average Bonchev–Trinajstić information content (AvgIpc) is 3.34. The van der Waals surface area contributed by atoms with Crippen molar-refractivity contribution in [3.8, 4) is 0 Å². The number of nitrogens with zero attached hydrogens (tertiary/aromatic N) is 5. The molecule has 5 rings (SSSR count). The van der Waals surface area contributed by atoms with Gasteiger partial charge in [-0.1, -0.05) is 12.8 Å². The van der Waals surface area contributed by atoms with Crippen molar-refractivity contribution in [1.29, 1.82) is 0 Å². The van der Waals surface area contributed by atoms with Crippen molar-refractivity contribution in [2.45, 2.75) is 31.7 Å². The zero-order valence-electron chi connectivity index (χ0n) is 17.6. The molecular weight excluding hydrogens is 410 g/mol. The Morgan fingerprint density at radius 3 is 2.59 bits per heavy atom. The Bertz CT molecular complexity index is 1200. The van der Waals surface area contributed by atoms with Gasteiger partial charge in [0.2, 0.25) is 5.95 Å². The summed E-state index contributed by atoms with van der Waals surface area (Å²) in [5.74, 6) is -0.325. The van der Waals surface area contributed by atoms with Gasteiger partial charge in [-0.2, -0.15) is 4.98 Å². The number of rotatable bonds is 5. The van der Waals surface area contributed by atoms with Crippen molar-refractivity contribution in [2.75, 3.05) is 36.4 Å². The predicted molar refractivity (Wildman–Crippen MR) is 121 cm³/mol. The maximum Gasteiger partial charge on any atom is 0.341 e. The largest absolute Gasteiger partial charge is 0.477 e. The van der Waals surface area contributed by atoms with Crippen molar-refractivity contribution in [3.63, 3.8) is 0 Å². The molecule has 1 aliphatic carbocycles. The van der Waals surface area contributed by atoms with Crippen molar-refractivity contribution in [1.82, 2.24) is 24.8 Å². The first-order valence-corrected chi connectivity index (χ1v) is 10.9.